The number of ether oxygens (including phenoxy) is 1. The summed E-state index contributed by atoms with van der Waals surface area (Å²) in [5, 5.41) is 0.613. The first kappa shape index (κ1) is 17.9. The number of rotatable bonds is 7. The summed E-state index contributed by atoms with van der Waals surface area (Å²) >= 11 is 6.16. The SMILES string of the molecule is COCCOP(=O)(C(=O)c1c(C)cccc1Cl)c1ccccc1. The van der Waals surface area contributed by atoms with Crippen molar-refractivity contribution in [3.63, 3.8) is 0 Å². The number of aryl methyl sites for hydroxylation is 1. The molecule has 0 amide bonds. The molecule has 0 aromatic heterocycles. The van der Waals surface area contributed by atoms with Crippen LogP contribution in [-0.2, 0) is 13.8 Å². The highest BCUT2D eigenvalue weighted by atomic mass is 35.5. The van der Waals surface area contributed by atoms with Gasteiger partial charge in [-0.3, -0.25) is 9.36 Å². The topological polar surface area (TPSA) is 52.6 Å². The highest BCUT2D eigenvalue weighted by Crippen LogP contribution is 2.50. The molecule has 0 aliphatic rings. The number of methoxy groups -OCH3 is 1. The fourth-order valence-electron chi connectivity index (χ4n) is 2.17. The Hall–Kier alpha value is -1.45. The number of hydrogen-bond acceptors (Lipinski definition) is 4. The normalized spacial score (nSPS) is 13.5. The monoisotopic (exact) mass is 352 g/mol. The van der Waals surface area contributed by atoms with Crippen LogP contribution in [0.5, 0.6) is 0 Å². The van der Waals surface area contributed by atoms with Gasteiger partial charge in [0.25, 0.3) is 5.52 Å². The first-order valence-electron chi connectivity index (χ1n) is 7.10. The van der Waals surface area contributed by atoms with Crippen molar-refractivity contribution in [3.05, 3.63) is 64.7 Å². The average Bonchev–Trinajstić information content (AvgIpc) is 2.55. The van der Waals surface area contributed by atoms with Crippen LogP contribution < -0.4 is 5.30 Å². The van der Waals surface area contributed by atoms with Gasteiger partial charge < -0.3 is 9.26 Å². The van der Waals surface area contributed by atoms with Crippen LogP contribution in [0, 0.1) is 6.92 Å². The minimum absolute atomic E-state index is 0.0535. The number of benzene rings is 2. The van der Waals surface area contributed by atoms with Crippen LogP contribution in [0.2, 0.25) is 5.02 Å². The second kappa shape index (κ2) is 7.89. The van der Waals surface area contributed by atoms with Crippen LogP contribution >= 0.6 is 19.0 Å². The summed E-state index contributed by atoms with van der Waals surface area (Å²) in [4.78, 5) is 13.0. The number of carbonyl (C=O) groups excluding carboxylic acids is 1. The van der Waals surface area contributed by atoms with Crippen molar-refractivity contribution >= 4 is 29.8 Å². The van der Waals surface area contributed by atoms with E-state index in [9.17, 15) is 9.36 Å². The quantitative estimate of drug-likeness (QED) is 0.557. The van der Waals surface area contributed by atoms with E-state index < -0.39 is 12.9 Å². The summed E-state index contributed by atoms with van der Waals surface area (Å²) in [6, 6.07) is 13.6. The van der Waals surface area contributed by atoms with Crippen molar-refractivity contribution < 1.29 is 18.6 Å². The third kappa shape index (κ3) is 3.91. The molecule has 2 aromatic rings. The van der Waals surface area contributed by atoms with E-state index in [2.05, 4.69) is 0 Å². The van der Waals surface area contributed by atoms with Gasteiger partial charge in [-0.1, -0.05) is 41.9 Å². The number of halogens is 1. The predicted molar refractivity (Wildman–Crippen MR) is 92.0 cm³/mol. The van der Waals surface area contributed by atoms with E-state index in [-0.39, 0.29) is 23.8 Å². The van der Waals surface area contributed by atoms with E-state index in [0.717, 1.165) is 0 Å². The first-order chi connectivity index (χ1) is 11.0. The third-order valence-electron chi connectivity index (χ3n) is 3.36. The second-order valence-electron chi connectivity index (χ2n) is 4.95. The summed E-state index contributed by atoms with van der Waals surface area (Å²) in [6.45, 7) is 2.05. The fraction of sp³-hybridized carbons (Fsp3) is 0.235. The van der Waals surface area contributed by atoms with Crippen LogP contribution in [0.25, 0.3) is 0 Å². The average molecular weight is 353 g/mol. The van der Waals surface area contributed by atoms with Gasteiger partial charge in [-0.05, 0) is 30.7 Å². The molecule has 122 valence electrons. The van der Waals surface area contributed by atoms with E-state index in [0.29, 0.717) is 10.9 Å². The molecule has 0 saturated carbocycles. The highest BCUT2D eigenvalue weighted by Gasteiger charge is 2.37. The van der Waals surface area contributed by atoms with E-state index in [1.165, 1.54) is 7.11 Å². The summed E-state index contributed by atoms with van der Waals surface area (Å²) in [5.74, 6) is 0. The van der Waals surface area contributed by atoms with Crippen molar-refractivity contribution in [2.75, 3.05) is 20.3 Å². The lowest BCUT2D eigenvalue weighted by molar-refractivity contribution is 0.103. The standard InChI is InChI=1S/C17H18ClO4P/c1-13-7-6-10-15(18)16(13)17(19)23(20,22-12-11-21-2)14-8-4-3-5-9-14/h3-10H,11-12H2,1-2H3. The maximum Gasteiger partial charge on any atom is 0.300 e. The van der Waals surface area contributed by atoms with Crippen LogP contribution in [0.15, 0.2) is 48.5 Å². The summed E-state index contributed by atoms with van der Waals surface area (Å²) in [6.07, 6.45) is 0. The Morgan fingerprint density at radius 2 is 1.78 bits per heavy atom. The van der Waals surface area contributed by atoms with Gasteiger partial charge in [0, 0.05) is 18.0 Å². The van der Waals surface area contributed by atoms with Crippen molar-refractivity contribution in [2.24, 2.45) is 0 Å². The Labute approximate surface area is 140 Å². The van der Waals surface area contributed by atoms with Crippen LogP contribution in [0.4, 0.5) is 0 Å². The van der Waals surface area contributed by atoms with Crippen molar-refractivity contribution in [3.8, 4) is 0 Å². The lowest BCUT2D eigenvalue weighted by Gasteiger charge is -2.19. The van der Waals surface area contributed by atoms with E-state index >= 15 is 0 Å². The smallest absolute Gasteiger partial charge is 0.300 e. The van der Waals surface area contributed by atoms with E-state index in [1.54, 1.807) is 55.5 Å². The van der Waals surface area contributed by atoms with Gasteiger partial charge in [-0.2, -0.15) is 0 Å². The molecule has 0 spiro atoms. The van der Waals surface area contributed by atoms with Gasteiger partial charge in [0.05, 0.1) is 18.2 Å². The molecule has 1 unspecified atom stereocenters. The zero-order valence-corrected chi connectivity index (χ0v) is 14.6. The van der Waals surface area contributed by atoms with Gasteiger partial charge in [0.1, 0.15) is 0 Å². The summed E-state index contributed by atoms with van der Waals surface area (Å²) < 4.78 is 23.8. The van der Waals surface area contributed by atoms with Crippen molar-refractivity contribution in [1.29, 1.82) is 0 Å². The second-order valence-corrected chi connectivity index (χ2v) is 7.64. The number of hydrogen-bond donors (Lipinski definition) is 0. The van der Waals surface area contributed by atoms with E-state index in [1.807, 2.05) is 0 Å². The molecule has 0 saturated heterocycles. The zero-order valence-electron chi connectivity index (χ0n) is 13.0. The Balaban J connectivity index is 2.49. The Morgan fingerprint density at radius 1 is 1.09 bits per heavy atom. The molecule has 2 rings (SSSR count). The van der Waals surface area contributed by atoms with E-state index in [4.69, 9.17) is 20.9 Å². The first-order valence-corrected chi connectivity index (χ1v) is 9.10. The van der Waals surface area contributed by atoms with Crippen LogP contribution in [0.1, 0.15) is 15.9 Å². The maximum absolute atomic E-state index is 13.4. The van der Waals surface area contributed by atoms with Gasteiger partial charge in [0.2, 0.25) is 0 Å². The Kier molecular flexibility index (Phi) is 6.14. The molecule has 1 atom stereocenters. The van der Waals surface area contributed by atoms with Crippen molar-refractivity contribution in [2.45, 2.75) is 6.92 Å². The van der Waals surface area contributed by atoms with Crippen LogP contribution in [0.3, 0.4) is 0 Å². The lowest BCUT2D eigenvalue weighted by Crippen LogP contribution is -2.18. The van der Waals surface area contributed by atoms with Crippen molar-refractivity contribution in [1.82, 2.24) is 0 Å². The van der Waals surface area contributed by atoms with Crippen LogP contribution in [-0.4, -0.2) is 25.8 Å². The maximum atomic E-state index is 13.4. The molecule has 23 heavy (non-hydrogen) atoms. The lowest BCUT2D eigenvalue weighted by atomic mass is 10.1. The molecule has 0 bridgehead atoms. The van der Waals surface area contributed by atoms with Gasteiger partial charge >= 0.3 is 7.37 Å². The van der Waals surface area contributed by atoms with Gasteiger partial charge in [0.15, 0.2) is 0 Å². The molecule has 0 aliphatic heterocycles. The molecule has 0 N–H and O–H groups in total. The highest BCUT2D eigenvalue weighted by molar-refractivity contribution is 7.83. The molecule has 0 fully saturated rings. The molecular formula is C17H18ClO4P. The summed E-state index contributed by atoms with van der Waals surface area (Å²) in [5.41, 5.74) is 0.302. The molecule has 4 nitrogen and oxygen atoms in total. The number of carbonyl (C=O) groups is 1. The fourth-order valence-corrected chi connectivity index (χ4v) is 4.54. The summed E-state index contributed by atoms with van der Waals surface area (Å²) in [7, 11) is -2.26. The molecule has 6 heteroatoms. The van der Waals surface area contributed by atoms with Gasteiger partial charge in [-0.15, -0.1) is 0 Å². The minimum atomic E-state index is -3.77. The zero-order chi connectivity index (χ0) is 16.9. The molecule has 0 radical (unpaired) electrons. The predicted octanol–water partition coefficient (Wildman–Crippen LogP) is 4.06. The largest absolute Gasteiger partial charge is 0.382 e. The third-order valence-corrected chi connectivity index (χ3v) is 5.96. The Morgan fingerprint density at radius 3 is 2.39 bits per heavy atom. The molecular weight excluding hydrogens is 335 g/mol. The minimum Gasteiger partial charge on any atom is -0.382 e. The molecule has 2 aromatic carbocycles. The molecule has 0 heterocycles. The molecule has 0 aliphatic carbocycles. The Bertz CT molecular complexity index is 710. The van der Waals surface area contributed by atoms with Gasteiger partial charge in [-0.25, -0.2) is 0 Å².